The highest BCUT2D eigenvalue weighted by molar-refractivity contribution is 8.02. The Balaban J connectivity index is 1.27. The monoisotopic (exact) mass is 424 g/mol. The van der Waals surface area contributed by atoms with Gasteiger partial charge in [0.1, 0.15) is 0 Å². The SMILES string of the molecule is CC(Sc1nnc(NCCc2ccccc2)s1)C(=O)N1CCc2ccccc2C1. The van der Waals surface area contributed by atoms with Crippen molar-refractivity contribution in [3.63, 3.8) is 0 Å². The van der Waals surface area contributed by atoms with Gasteiger partial charge in [0.2, 0.25) is 11.0 Å². The van der Waals surface area contributed by atoms with Gasteiger partial charge in [0.25, 0.3) is 0 Å². The molecule has 0 bridgehead atoms. The Morgan fingerprint density at radius 2 is 1.90 bits per heavy atom. The lowest BCUT2D eigenvalue weighted by molar-refractivity contribution is -0.131. The van der Waals surface area contributed by atoms with Crippen molar-refractivity contribution in [1.82, 2.24) is 15.1 Å². The van der Waals surface area contributed by atoms with Crippen molar-refractivity contribution < 1.29 is 4.79 Å². The van der Waals surface area contributed by atoms with E-state index in [0.717, 1.165) is 35.4 Å². The van der Waals surface area contributed by atoms with E-state index in [2.05, 4.69) is 45.8 Å². The molecule has 1 aliphatic heterocycles. The summed E-state index contributed by atoms with van der Waals surface area (Å²) in [6.45, 7) is 4.24. The molecule has 1 atom stereocenters. The zero-order valence-electron chi connectivity index (χ0n) is 16.4. The average molecular weight is 425 g/mol. The standard InChI is InChI=1S/C22H24N4OS2/c1-16(20(27)26-14-12-18-9-5-6-10-19(18)15-26)28-22-25-24-21(29-22)23-13-11-17-7-3-2-4-8-17/h2-10,16H,11-15H2,1H3,(H,23,24). The van der Waals surface area contributed by atoms with Gasteiger partial charge in [-0.1, -0.05) is 77.7 Å². The van der Waals surface area contributed by atoms with E-state index in [4.69, 9.17) is 0 Å². The van der Waals surface area contributed by atoms with E-state index in [1.54, 1.807) is 0 Å². The molecule has 0 fully saturated rings. The third-order valence-electron chi connectivity index (χ3n) is 5.01. The topological polar surface area (TPSA) is 58.1 Å². The highest BCUT2D eigenvalue weighted by Gasteiger charge is 2.26. The lowest BCUT2D eigenvalue weighted by Crippen LogP contribution is -2.40. The van der Waals surface area contributed by atoms with Gasteiger partial charge in [-0.15, -0.1) is 10.2 Å². The molecule has 7 heteroatoms. The van der Waals surface area contributed by atoms with E-state index < -0.39 is 0 Å². The maximum absolute atomic E-state index is 12.9. The summed E-state index contributed by atoms with van der Waals surface area (Å²) in [4.78, 5) is 14.9. The van der Waals surface area contributed by atoms with E-state index in [1.165, 1.54) is 39.8 Å². The van der Waals surface area contributed by atoms with Crippen molar-refractivity contribution >= 4 is 34.1 Å². The van der Waals surface area contributed by atoms with Crippen LogP contribution < -0.4 is 5.32 Å². The van der Waals surface area contributed by atoms with E-state index in [0.29, 0.717) is 6.54 Å². The molecule has 0 saturated carbocycles. The minimum Gasteiger partial charge on any atom is -0.360 e. The summed E-state index contributed by atoms with van der Waals surface area (Å²) >= 11 is 3.00. The van der Waals surface area contributed by atoms with Gasteiger partial charge in [-0.3, -0.25) is 4.79 Å². The number of amides is 1. The van der Waals surface area contributed by atoms with Crippen LogP contribution in [0.2, 0.25) is 0 Å². The van der Waals surface area contributed by atoms with E-state index >= 15 is 0 Å². The largest absolute Gasteiger partial charge is 0.360 e. The van der Waals surface area contributed by atoms with Crippen LogP contribution >= 0.6 is 23.1 Å². The fourth-order valence-corrected chi connectivity index (χ4v) is 5.44. The smallest absolute Gasteiger partial charge is 0.236 e. The van der Waals surface area contributed by atoms with E-state index in [1.807, 2.05) is 36.1 Å². The molecule has 29 heavy (non-hydrogen) atoms. The molecular weight excluding hydrogens is 400 g/mol. The van der Waals surface area contributed by atoms with Gasteiger partial charge in [-0.05, 0) is 36.5 Å². The molecule has 1 aromatic heterocycles. The van der Waals surface area contributed by atoms with Crippen LogP contribution in [0, 0.1) is 0 Å². The molecule has 0 spiro atoms. The van der Waals surface area contributed by atoms with Crippen molar-refractivity contribution in [2.45, 2.75) is 35.9 Å². The van der Waals surface area contributed by atoms with Crippen molar-refractivity contribution in [3.8, 4) is 0 Å². The molecule has 1 unspecified atom stereocenters. The Morgan fingerprint density at radius 3 is 2.72 bits per heavy atom. The lowest BCUT2D eigenvalue weighted by atomic mass is 10.00. The molecule has 150 valence electrons. The van der Waals surface area contributed by atoms with E-state index in [9.17, 15) is 4.79 Å². The minimum atomic E-state index is -0.176. The number of hydrogen-bond donors (Lipinski definition) is 1. The predicted molar refractivity (Wildman–Crippen MR) is 119 cm³/mol. The summed E-state index contributed by atoms with van der Waals surface area (Å²) in [6, 6.07) is 18.7. The Morgan fingerprint density at radius 1 is 1.14 bits per heavy atom. The Bertz CT molecular complexity index is 960. The first-order chi connectivity index (χ1) is 14.2. The number of nitrogens with zero attached hydrogens (tertiary/aromatic N) is 3. The molecule has 1 N–H and O–H groups in total. The van der Waals surface area contributed by atoms with Crippen LogP contribution in [0.4, 0.5) is 5.13 Å². The van der Waals surface area contributed by atoms with Crippen LogP contribution in [-0.4, -0.2) is 39.3 Å². The fourth-order valence-electron chi connectivity index (χ4n) is 3.43. The molecule has 0 saturated heterocycles. The lowest BCUT2D eigenvalue weighted by Gasteiger charge is -2.30. The number of fused-ring (bicyclic) bond motifs is 1. The molecule has 2 aromatic carbocycles. The summed E-state index contributed by atoms with van der Waals surface area (Å²) < 4.78 is 0.825. The molecule has 4 rings (SSSR count). The maximum Gasteiger partial charge on any atom is 0.236 e. The van der Waals surface area contributed by atoms with Crippen LogP contribution in [0.1, 0.15) is 23.6 Å². The van der Waals surface area contributed by atoms with Crippen LogP contribution in [0.25, 0.3) is 0 Å². The Kier molecular flexibility index (Phi) is 6.46. The minimum absolute atomic E-state index is 0.165. The first kappa shape index (κ1) is 19.9. The number of benzene rings is 2. The second-order valence-corrected chi connectivity index (χ2v) is 9.64. The quantitative estimate of drug-likeness (QED) is 0.575. The number of nitrogens with one attached hydrogen (secondary N) is 1. The molecule has 5 nitrogen and oxygen atoms in total. The van der Waals surface area contributed by atoms with Crippen LogP contribution in [-0.2, 0) is 24.2 Å². The zero-order valence-corrected chi connectivity index (χ0v) is 18.0. The van der Waals surface area contributed by atoms with Crippen molar-refractivity contribution in [3.05, 3.63) is 71.3 Å². The van der Waals surface area contributed by atoms with E-state index in [-0.39, 0.29) is 11.2 Å². The highest BCUT2D eigenvalue weighted by atomic mass is 32.2. The molecule has 2 heterocycles. The van der Waals surface area contributed by atoms with Crippen molar-refractivity contribution in [2.24, 2.45) is 0 Å². The molecule has 3 aromatic rings. The number of carbonyl (C=O) groups excluding carboxylic acids is 1. The van der Waals surface area contributed by atoms with Crippen LogP contribution in [0.15, 0.2) is 58.9 Å². The normalized spacial score (nSPS) is 14.3. The number of thioether (sulfide) groups is 1. The number of anilines is 1. The number of rotatable bonds is 7. The van der Waals surface area contributed by atoms with Gasteiger partial charge in [0.15, 0.2) is 4.34 Å². The first-order valence-electron chi connectivity index (χ1n) is 9.82. The molecule has 0 radical (unpaired) electrons. The Hall–Kier alpha value is -2.38. The number of aromatic nitrogens is 2. The summed E-state index contributed by atoms with van der Waals surface area (Å²) in [6.07, 6.45) is 1.86. The number of hydrogen-bond acceptors (Lipinski definition) is 6. The third kappa shape index (κ3) is 5.16. The predicted octanol–water partition coefficient (Wildman–Crippen LogP) is 4.26. The first-order valence-corrected chi connectivity index (χ1v) is 11.5. The summed E-state index contributed by atoms with van der Waals surface area (Å²) in [5.74, 6) is 0.165. The van der Waals surface area contributed by atoms with Crippen molar-refractivity contribution in [1.29, 1.82) is 0 Å². The van der Waals surface area contributed by atoms with Crippen molar-refractivity contribution in [2.75, 3.05) is 18.4 Å². The highest BCUT2D eigenvalue weighted by Crippen LogP contribution is 2.30. The van der Waals surface area contributed by atoms with Crippen LogP contribution in [0.3, 0.4) is 0 Å². The maximum atomic E-state index is 12.9. The second-order valence-electron chi connectivity index (χ2n) is 7.07. The zero-order chi connectivity index (χ0) is 20.1. The van der Waals surface area contributed by atoms with Crippen LogP contribution in [0.5, 0.6) is 0 Å². The third-order valence-corrected chi connectivity index (χ3v) is 7.06. The van der Waals surface area contributed by atoms with Gasteiger partial charge in [-0.25, -0.2) is 0 Å². The van der Waals surface area contributed by atoms with Gasteiger partial charge >= 0.3 is 0 Å². The molecule has 1 amide bonds. The molecule has 0 aliphatic carbocycles. The summed E-state index contributed by atoms with van der Waals surface area (Å²) in [5.41, 5.74) is 3.90. The Labute approximate surface area is 179 Å². The van der Waals surface area contributed by atoms with Gasteiger partial charge in [0.05, 0.1) is 5.25 Å². The van der Waals surface area contributed by atoms with Gasteiger partial charge in [-0.2, -0.15) is 0 Å². The molecular formula is C22H24N4OS2. The summed E-state index contributed by atoms with van der Waals surface area (Å²) in [5, 5.41) is 12.4. The van der Waals surface area contributed by atoms with Gasteiger partial charge in [0, 0.05) is 19.6 Å². The summed E-state index contributed by atoms with van der Waals surface area (Å²) in [7, 11) is 0. The fraction of sp³-hybridized carbons (Fsp3) is 0.318. The molecule has 1 aliphatic rings. The van der Waals surface area contributed by atoms with Gasteiger partial charge < -0.3 is 10.2 Å². The number of carbonyl (C=O) groups is 1. The average Bonchev–Trinajstić information content (AvgIpc) is 3.20. The second kappa shape index (κ2) is 9.41.